The molecule has 8 heteroatoms. The van der Waals surface area contributed by atoms with Crippen molar-refractivity contribution in [2.75, 3.05) is 13.1 Å². The van der Waals surface area contributed by atoms with E-state index in [1.165, 1.54) is 6.07 Å². The van der Waals surface area contributed by atoms with Gasteiger partial charge in [0, 0.05) is 37.5 Å². The van der Waals surface area contributed by atoms with Crippen LogP contribution in [0.15, 0.2) is 24.3 Å². The fraction of sp³-hybridized carbons (Fsp3) is 0.633. The van der Waals surface area contributed by atoms with E-state index >= 15 is 4.39 Å². The van der Waals surface area contributed by atoms with E-state index in [2.05, 4.69) is 24.8 Å². The van der Waals surface area contributed by atoms with Crippen LogP contribution < -0.4 is 5.73 Å². The minimum atomic E-state index is -0.851. The number of hydrogen-bond acceptors (Lipinski definition) is 5. The van der Waals surface area contributed by atoms with E-state index in [1.54, 1.807) is 31.7 Å². The van der Waals surface area contributed by atoms with Crippen molar-refractivity contribution in [3.8, 4) is 0 Å². The second-order valence-corrected chi connectivity index (χ2v) is 12.4. The van der Waals surface area contributed by atoms with Gasteiger partial charge in [-0.25, -0.2) is 9.18 Å². The smallest absolute Gasteiger partial charge is 0.411 e. The second kappa shape index (κ2) is 11.2. The molecule has 2 N–H and O–H groups in total. The third kappa shape index (κ3) is 6.28. The number of amides is 2. The summed E-state index contributed by atoms with van der Waals surface area (Å²) in [7, 11) is 0. The number of halogens is 1. The maximum absolute atomic E-state index is 15.2. The summed E-state index contributed by atoms with van der Waals surface area (Å²) in [6.07, 6.45) is 4.90. The van der Waals surface area contributed by atoms with E-state index in [9.17, 15) is 14.4 Å². The van der Waals surface area contributed by atoms with Gasteiger partial charge >= 0.3 is 6.09 Å². The van der Waals surface area contributed by atoms with Gasteiger partial charge in [0.25, 0.3) is 0 Å². The van der Waals surface area contributed by atoms with Gasteiger partial charge in [-0.15, -0.1) is 0 Å². The average molecular weight is 528 g/mol. The summed E-state index contributed by atoms with van der Waals surface area (Å²) in [6, 6.07) is 4.92. The van der Waals surface area contributed by atoms with E-state index in [-0.39, 0.29) is 30.6 Å². The fourth-order valence-electron chi connectivity index (χ4n) is 6.21. The van der Waals surface area contributed by atoms with Gasteiger partial charge < -0.3 is 10.5 Å². The summed E-state index contributed by atoms with van der Waals surface area (Å²) < 4.78 is 20.8. The van der Waals surface area contributed by atoms with Gasteiger partial charge in [-0.1, -0.05) is 18.2 Å². The maximum Gasteiger partial charge on any atom is 0.411 e. The third-order valence-electron chi connectivity index (χ3n) is 8.23. The molecule has 2 heterocycles. The lowest BCUT2D eigenvalue weighted by Gasteiger charge is -2.36. The molecule has 208 valence electrons. The molecule has 2 bridgehead atoms. The molecule has 3 aliphatic rings. The van der Waals surface area contributed by atoms with Crippen LogP contribution in [0.2, 0.25) is 0 Å². The summed E-state index contributed by atoms with van der Waals surface area (Å²) in [5.74, 6) is -2.04. The number of benzene rings is 1. The molecule has 0 radical (unpaired) electrons. The van der Waals surface area contributed by atoms with Crippen LogP contribution >= 0.6 is 0 Å². The second-order valence-electron chi connectivity index (χ2n) is 12.4. The number of rotatable bonds is 8. The number of primary amides is 1. The number of nitrogens with two attached hydrogens (primary N) is 1. The fourth-order valence-corrected chi connectivity index (χ4v) is 6.21. The number of Topliss-reactive ketones (excluding diaryl/α,β-unsaturated/α-hetero) is 1. The quantitative estimate of drug-likeness (QED) is 0.528. The summed E-state index contributed by atoms with van der Waals surface area (Å²) in [6.45, 7) is 11.5. The van der Waals surface area contributed by atoms with Gasteiger partial charge in [-0.3, -0.25) is 19.4 Å². The highest BCUT2D eigenvalue weighted by atomic mass is 19.1. The lowest BCUT2D eigenvalue weighted by Crippen LogP contribution is -2.51. The zero-order valence-corrected chi connectivity index (χ0v) is 23.3. The van der Waals surface area contributed by atoms with E-state index < -0.39 is 35.4 Å². The maximum atomic E-state index is 15.2. The van der Waals surface area contributed by atoms with Crippen LogP contribution in [-0.4, -0.2) is 64.4 Å². The molecular formula is C30H42FN3O4. The number of ether oxygens (including phenoxy) is 1. The lowest BCUT2D eigenvalue weighted by atomic mass is 9.86. The van der Waals surface area contributed by atoms with Crippen molar-refractivity contribution in [3.63, 3.8) is 0 Å². The first-order valence-corrected chi connectivity index (χ1v) is 13.9. The van der Waals surface area contributed by atoms with Gasteiger partial charge in [-0.05, 0) is 95.4 Å². The van der Waals surface area contributed by atoms with Crippen molar-refractivity contribution in [1.29, 1.82) is 0 Å². The van der Waals surface area contributed by atoms with Gasteiger partial charge in [0.15, 0.2) is 5.78 Å². The summed E-state index contributed by atoms with van der Waals surface area (Å²) in [5, 5.41) is 0. The highest BCUT2D eigenvalue weighted by molar-refractivity contribution is 5.92. The molecule has 1 aromatic rings. The zero-order valence-electron chi connectivity index (χ0n) is 23.3. The van der Waals surface area contributed by atoms with E-state index in [0.717, 1.165) is 49.9 Å². The van der Waals surface area contributed by atoms with E-state index in [1.807, 2.05) is 6.07 Å². The van der Waals surface area contributed by atoms with Gasteiger partial charge in [-0.2, -0.15) is 0 Å². The van der Waals surface area contributed by atoms with Crippen molar-refractivity contribution >= 4 is 23.4 Å². The normalized spacial score (nSPS) is 24.4. The molecule has 2 aliphatic heterocycles. The van der Waals surface area contributed by atoms with Crippen LogP contribution in [0.5, 0.6) is 0 Å². The monoisotopic (exact) mass is 527 g/mol. The number of piperidine rings is 1. The number of fused-ring (bicyclic) bond motifs is 2. The van der Waals surface area contributed by atoms with Crippen LogP contribution in [0.4, 0.5) is 9.18 Å². The first-order chi connectivity index (χ1) is 17.8. The Balaban J connectivity index is 1.45. The van der Waals surface area contributed by atoms with Gasteiger partial charge in [0.2, 0.25) is 5.91 Å². The number of nitrogens with zero attached hydrogens (tertiary/aromatic N) is 2. The molecule has 1 aliphatic carbocycles. The largest absolute Gasteiger partial charge is 0.444 e. The highest BCUT2D eigenvalue weighted by Gasteiger charge is 2.52. The Morgan fingerprint density at radius 3 is 2.50 bits per heavy atom. The minimum absolute atomic E-state index is 0.0254. The lowest BCUT2D eigenvalue weighted by molar-refractivity contribution is -0.131. The van der Waals surface area contributed by atoms with Crippen LogP contribution in [0, 0.1) is 17.7 Å². The molecule has 2 fully saturated rings. The first-order valence-electron chi connectivity index (χ1n) is 13.9. The number of ketones is 1. The minimum Gasteiger partial charge on any atom is -0.444 e. The molecule has 0 unspecified atom stereocenters. The Morgan fingerprint density at radius 1 is 1.18 bits per heavy atom. The molecule has 4 atom stereocenters. The van der Waals surface area contributed by atoms with E-state index in [4.69, 9.17) is 10.5 Å². The Kier molecular flexibility index (Phi) is 8.31. The molecular weight excluding hydrogens is 485 g/mol. The molecule has 4 rings (SSSR count). The van der Waals surface area contributed by atoms with Crippen LogP contribution in [0.25, 0.3) is 5.57 Å². The Labute approximate surface area is 225 Å². The van der Waals surface area contributed by atoms with Crippen LogP contribution in [0.1, 0.15) is 77.8 Å². The number of hydrogen-bond donors (Lipinski definition) is 1. The predicted octanol–water partition coefficient (Wildman–Crippen LogP) is 4.71. The molecule has 1 saturated carbocycles. The summed E-state index contributed by atoms with van der Waals surface area (Å²) in [5.41, 5.74) is 7.34. The van der Waals surface area contributed by atoms with Crippen molar-refractivity contribution < 1.29 is 23.5 Å². The first kappa shape index (κ1) is 28.3. The van der Waals surface area contributed by atoms with Crippen molar-refractivity contribution in [2.45, 2.75) is 96.9 Å². The van der Waals surface area contributed by atoms with E-state index in [0.29, 0.717) is 11.6 Å². The van der Waals surface area contributed by atoms with Crippen molar-refractivity contribution in [1.82, 2.24) is 9.80 Å². The molecule has 38 heavy (non-hydrogen) atoms. The van der Waals surface area contributed by atoms with Crippen LogP contribution in [-0.2, 0) is 20.7 Å². The molecule has 1 saturated heterocycles. The molecule has 7 nitrogen and oxygen atoms in total. The Hall–Kier alpha value is -2.74. The Morgan fingerprint density at radius 2 is 1.92 bits per heavy atom. The number of carbonyl (C=O) groups is 3. The number of carbonyl (C=O) groups excluding carboxylic acids is 3. The van der Waals surface area contributed by atoms with Crippen molar-refractivity contribution in [2.24, 2.45) is 17.6 Å². The predicted molar refractivity (Wildman–Crippen MR) is 145 cm³/mol. The van der Waals surface area contributed by atoms with Crippen LogP contribution in [0.3, 0.4) is 0 Å². The van der Waals surface area contributed by atoms with Crippen molar-refractivity contribution in [3.05, 3.63) is 41.2 Å². The van der Waals surface area contributed by atoms with Gasteiger partial charge in [0.1, 0.15) is 11.4 Å². The standard InChI is InChI=1S/C30H42FN3O4/c1-18(2)33-12-10-19(11-13-33)20-6-7-21(25(31)16-20)14-23(28(32)36)17-26(35)27-22-8-9-24(15-22)34(27)29(37)38-30(3,4)5/h6-7,10,16,18,22-24,27H,8-9,11-15,17H2,1-5H3,(H2,32,36)/t22-,23+,24+,27-/m0/s1. The highest BCUT2D eigenvalue weighted by Crippen LogP contribution is 2.44. The molecule has 2 amide bonds. The summed E-state index contributed by atoms with van der Waals surface area (Å²) in [4.78, 5) is 42.7. The SMILES string of the molecule is CC(C)N1CC=C(c2ccc(C[C@H](CC(=O)[C@@H]3[C@H]4CC[C@H](C4)N3C(=O)OC(C)(C)C)C(N)=O)c(F)c2)CC1. The molecule has 0 spiro atoms. The number of likely N-dealkylation sites (tertiary alicyclic amines) is 1. The topological polar surface area (TPSA) is 92.9 Å². The van der Waals surface area contributed by atoms with Gasteiger partial charge in [0.05, 0.1) is 6.04 Å². The Bertz CT molecular complexity index is 1110. The average Bonchev–Trinajstić information content (AvgIpc) is 3.45. The third-order valence-corrected chi connectivity index (χ3v) is 8.23. The molecule has 1 aromatic carbocycles. The molecule has 0 aromatic heterocycles. The summed E-state index contributed by atoms with van der Waals surface area (Å²) >= 11 is 0. The zero-order chi connectivity index (χ0) is 27.8.